The van der Waals surface area contributed by atoms with Gasteiger partial charge in [-0.05, 0) is 69.8 Å². The Kier molecular flexibility index (Phi) is 9.38. The highest BCUT2D eigenvalue weighted by atomic mass is 32.2. The summed E-state index contributed by atoms with van der Waals surface area (Å²) in [5.41, 5.74) is 5.59. The summed E-state index contributed by atoms with van der Waals surface area (Å²) in [5.74, 6) is -0.326. The quantitative estimate of drug-likeness (QED) is 0.118. The molecule has 1 heterocycles. The molecule has 1 fully saturated rings. The summed E-state index contributed by atoms with van der Waals surface area (Å²) < 4.78 is 0. The maximum atomic E-state index is 14.6. The number of amides is 2. The minimum Gasteiger partial charge on any atom is -0.300 e. The largest absolute Gasteiger partial charge is 0.300 e. The molecule has 4 nitrogen and oxygen atoms in total. The van der Waals surface area contributed by atoms with Gasteiger partial charge in [0.25, 0.3) is 11.1 Å². The van der Waals surface area contributed by atoms with Gasteiger partial charge in [-0.15, -0.1) is 0 Å². The Morgan fingerprint density at radius 3 is 1.53 bits per heavy atom. The number of imide groups is 1. The number of hydrogen-bond donors (Lipinski definition) is 1. The fourth-order valence-electron chi connectivity index (χ4n) is 6.78. The van der Waals surface area contributed by atoms with Crippen LogP contribution in [0.3, 0.4) is 0 Å². The third kappa shape index (κ3) is 6.39. The Bertz CT molecular complexity index is 1970. The first kappa shape index (κ1) is 32.1. The van der Waals surface area contributed by atoms with E-state index in [0.29, 0.717) is 4.91 Å². The molecule has 0 bridgehead atoms. The standard InChI is InChI=1S/C44H36N2O2S/c1-32(34-19-7-2-8-20-34)45-41(35-21-9-3-10-22-35)36-23-17-18-33(30-36)31-40-42(47)46(43(48)49-40)44(37-24-11-4-12-25-37,38-26-13-5-14-27-38)39-28-15-6-16-29-39/h2-32,41,45H,1H3/t32-,41?/m1/s1. The summed E-state index contributed by atoms with van der Waals surface area (Å²) in [4.78, 5) is 30.7. The van der Waals surface area contributed by atoms with E-state index in [9.17, 15) is 9.59 Å². The second-order valence-electron chi connectivity index (χ2n) is 12.1. The van der Waals surface area contributed by atoms with Gasteiger partial charge in [0.1, 0.15) is 5.54 Å². The van der Waals surface area contributed by atoms with Gasteiger partial charge in [-0.2, -0.15) is 0 Å². The molecular weight excluding hydrogens is 621 g/mol. The number of hydrogen-bond acceptors (Lipinski definition) is 4. The lowest BCUT2D eigenvalue weighted by atomic mass is 9.75. The van der Waals surface area contributed by atoms with Gasteiger partial charge in [-0.1, -0.05) is 170 Å². The highest BCUT2D eigenvalue weighted by Gasteiger charge is 2.52. The Balaban J connectivity index is 1.29. The van der Waals surface area contributed by atoms with Crippen LogP contribution in [0.15, 0.2) is 181 Å². The number of rotatable bonds is 10. The first-order valence-electron chi connectivity index (χ1n) is 16.5. The zero-order valence-corrected chi connectivity index (χ0v) is 28.0. The summed E-state index contributed by atoms with van der Waals surface area (Å²) in [6.45, 7) is 2.17. The van der Waals surface area contributed by atoms with Crippen LogP contribution in [-0.2, 0) is 10.3 Å². The Morgan fingerprint density at radius 2 is 1.02 bits per heavy atom. The molecule has 7 rings (SSSR count). The molecule has 49 heavy (non-hydrogen) atoms. The van der Waals surface area contributed by atoms with E-state index in [4.69, 9.17) is 0 Å². The summed E-state index contributed by atoms with van der Waals surface area (Å²) >= 11 is 0.989. The molecule has 2 amide bonds. The molecule has 0 spiro atoms. The lowest BCUT2D eigenvalue weighted by Crippen LogP contribution is -2.50. The number of carbonyl (C=O) groups is 2. The fraction of sp³-hybridized carbons (Fsp3) is 0.0909. The van der Waals surface area contributed by atoms with Crippen LogP contribution in [0, 0.1) is 0 Å². The number of carbonyl (C=O) groups excluding carboxylic acids is 2. The smallest absolute Gasteiger partial charge is 0.294 e. The Morgan fingerprint density at radius 1 is 0.571 bits per heavy atom. The number of nitrogens with one attached hydrogen (secondary N) is 1. The zero-order valence-electron chi connectivity index (χ0n) is 27.1. The minimum absolute atomic E-state index is 0.0913. The van der Waals surface area contributed by atoms with Crippen molar-refractivity contribution in [1.29, 1.82) is 0 Å². The predicted molar refractivity (Wildman–Crippen MR) is 200 cm³/mol. The van der Waals surface area contributed by atoms with Gasteiger partial charge in [-0.3, -0.25) is 14.9 Å². The SMILES string of the molecule is C[C@@H](NC(c1ccccc1)c1cccc(C=C2SC(=O)N(C(c3ccccc3)(c3ccccc3)c3ccccc3)C2=O)c1)c1ccccc1. The third-order valence-corrected chi connectivity index (χ3v) is 9.96. The molecule has 1 saturated heterocycles. The van der Waals surface area contributed by atoms with Crippen LogP contribution in [0.4, 0.5) is 4.79 Å². The van der Waals surface area contributed by atoms with Gasteiger partial charge in [-0.25, -0.2) is 4.90 Å². The monoisotopic (exact) mass is 656 g/mol. The van der Waals surface area contributed by atoms with E-state index in [2.05, 4.69) is 72.9 Å². The van der Waals surface area contributed by atoms with Crippen molar-refractivity contribution in [1.82, 2.24) is 10.2 Å². The molecule has 1 aliphatic rings. The van der Waals surface area contributed by atoms with Crippen molar-refractivity contribution in [3.8, 4) is 0 Å². The van der Waals surface area contributed by atoms with Gasteiger partial charge < -0.3 is 0 Å². The van der Waals surface area contributed by atoms with Crippen molar-refractivity contribution in [2.45, 2.75) is 24.5 Å². The lowest BCUT2D eigenvalue weighted by molar-refractivity contribution is -0.125. The third-order valence-electron chi connectivity index (χ3n) is 9.09. The molecule has 2 atom stereocenters. The first-order valence-corrected chi connectivity index (χ1v) is 17.3. The second kappa shape index (κ2) is 14.3. The normalized spacial score (nSPS) is 15.4. The Hall–Kier alpha value is -5.49. The molecule has 240 valence electrons. The summed E-state index contributed by atoms with van der Waals surface area (Å²) in [6, 6.07) is 58.5. The molecule has 1 N–H and O–H groups in total. The van der Waals surface area contributed by atoms with Gasteiger partial charge in [0.2, 0.25) is 0 Å². The van der Waals surface area contributed by atoms with Crippen molar-refractivity contribution in [2.75, 3.05) is 0 Å². The van der Waals surface area contributed by atoms with Crippen molar-refractivity contribution in [2.24, 2.45) is 0 Å². The number of thioether (sulfide) groups is 1. The molecule has 6 aromatic rings. The van der Waals surface area contributed by atoms with Crippen LogP contribution in [0.5, 0.6) is 0 Å². The van der Waals surface area contributed by atoms with Crippen LogP contribution < -0.4 is 5.32 Å². The minimum atomic E-state index is -1.17. The molecule has 0 aromatic heterocycles. The number of nitrogens with zero attached hydrogens (tertiary/aromatic N) is 1. The van der Waals surface area contributed by atoms with E-state index in [1.165, 1.54) is 10.5 Å². The number of benzene rings is 6. The molecular formula is C44H36N2O2S. The maximum absolute atomic E-state index is 14.6. The molecule has 6 aromatic carbocycles. The predicted octanol–water partition coefficient (Wildman–Crippen LogP) is 10.2. The average Bonchev–Trinajstić information content (AvgIpc) is 3.44. The van der Waals surface area contributed by atoms with E-state index in [1.807, 2.05) is 121 Å². The highest BCUT2D eigenvalue weighted by Crippen LogP contribution is 2.48. The van der Waals surface area contributed by atoms with Crippen LogP contribution >= 0.6 is 11.8 Å². The molecule has 5 heteroatoms. The molecule has 0 saturated carbocycles. The van der Waals surface area contributed by atoms with Crippen molar-refractivity contribution >= 4 is 29.0 Å². The lowest BCUT2D eigenvalue weighted by Gasteiger charge is -2.41. The fourth-order valence-corrected chi connectivity index (χ4v) is 7.65. The van der Waals surface area contributed by atoms with Crippen LogP contribution in [0.1, 0.15) is 58.0 Å². The summed E-state index contributed by atoms with van der Waals surface area (Å²) in [5, 5.41) is 3.51. The molecule has 0 radical (unpaired) electrons. The van der Waals surface area contributed by atoms with Gasteiger partial charge >= 0.3 is 0 Å². The van der Waals surface area contributed by atoms with Crippen LogP contribution in [0.2, 0.25) is 0 Å². The molecule has 0 aliphatic carbocycles. The van der Waals surface area contributed by atoms with Crippen molar-refractivity contribution in [3.05, 3.63) is 220 Å². The van der Waals surface area contributed by atoms with Crippen molar-refractivity contribution in [3.63, 3.8) is 0 Å². The van der Waals surface area contributed by atoms with Gasteiger partial charge in [0.05, 0.1) is 10.9 Å². The summed E-state index contributed by atoms with van der Waals surface area (Å²) in [6.07, 6.45) is 1.85. The topological polar surface area (TPSA) is 49.4 Å². The summed E-state index contributed by atoms with van der Waals surface area (Å²) in [7, 11) is 0. The van der Waals surface area contributed by atoms with Gasteiger partial charge in [0.15, 0.2) is 0 Å². The molecule has 1 aliphatic heterocycles. The second-order valence-corrected chi connectivity index (χ2v) is 13.1. The van der Waals surface area contributed by atoms with E-state index >= 15 is 0 Å². The van der Waals surface area contributed by atoms with Crippen LogP contribution in [0.25, 0.3) is 6.08 Å². The average molecular weight is 657 g/mol. The zero-order chi connectivity index (χ0) is 33.6. The van der Waals surface area contributed by atoms with E-state index < -0.39 is 5.54 Å². The van der Waals surface area contributed by atoms with E-state index in [1.54, 1.807) is 0 Å². The Labute approximate surface area is 292 Å². The van der Waals surface area contributed by atoms with E-state index in [0.717, 1.165) is 45.1 Å². The maximum Gasteiger partial charge on any atom is 0.294 e. The molecule has 1 unspecified atom stereocenters. The van der Waals surface area contributed by atoms with Gasteiger partial charge in [0, 0.05) is 6.04 Å². The van der Waals surface area contributed by atoms with E-state index in [-0.39, 0.29) is 23.2 Å². The van der Waals surface area contributed by atoms with Crippen molar-refractivity contribution < 1.29 is 9.59 Å². The van der Waals surface area contributed by atoms with Crippen LogP contribution in [-0.4, -0.2) is 16.0 Å². The highest BCUT2D eigenvalue weighted by molar-refractivity contribution is 8.18. The first-order chi connectivity index (χ1) is 24.1.